The van der Waals surface area contributed by atoms with E-state index in [4.69, 9.17) is 4.74 Å². The molecule has 0 saturated carbocycles. The van der Waals surface area contributed by atoms with Gasteiger partial charge >= 0.3 is 6.09 Å². The largest absolute Gasteiger partial charge is 0.465 e. The first-order chi connectivity index (χ1) is 16.0. The number of carbonyl (C=O) groups is 1. The Morgan fingerprint density at radius 1 is 1.24 bits per heavy atom. The van der Waals surface area contributed by atoms with Crippen molar-refractivity contribution in [3.8, 4) is 5.69 Å². The Labute approximate surface area is 191 Å². The molecule has 0 spiro atoms. The third kappa shape index (κ3) is 5.65. The maximum absolute atomic E-state index is 12.5. The molecule has 10 heteroatoms. The van der Waals surface area contributed by atoms with Gasteiger partial charge < -0.3 is 9.84 Å². The van der Waals surface area contributed by atoms with Crippen LogP contribution in [-0.4, -0.2) is 75.1 Å². The van der Waals surface area contributed by atoms with Gasteiger partial charge in [0, 0.05) is 57.1 Å². The number of ether oxygens (including phenoxy) is 1. The first-order valence-corrected chi connectivity index (χ1v) is 11.0. The zero-order chi connectivity index (χ0) is 23.2. The predicted molar refractivity (Wildman–Crippen MR) is 123 cm³/mol. The molecule has 2 aromatic heterocycles. The average Bonchev–Trinajstić information content (AvgIpc) is 3.31. The van der Waals surface area contributed by atoms with Gasteiger partial charge in [-0.3, -0.25) is 19.3 Å². The molecule has 3 aromatic rings. The summed E-state index contributed by atoms with van der Waals surface area (Å²) < 4.78 is 8.77. The molecule has 0 radical (unpaired) electrons. The van der Waals surface area contributed by atoms with Crippen molar-refractivity contribution >= 4 is 11.8 Å². The molecule has 10 nitrogen and oxygen atoms in total. The molecule has 3 heterocycles. The molecule has 1 aromatic carbocycles. The van der Waals surface area contributed by atoms with Crippen LogP contribution in [0.15, 0.2) is 53.7 Å². The van der Waals surface area contributed by atoms with Crippen LogP contribution in [0.1, 0.15) is 18.2 Å². The highest BCUT2D eigenvalue weighted by Gasteiger charge is 2.18. The molecule has 33 heavy (non-hydrogen) atoms. The molecule has 1 aliphatic rings. The molecule has 0 atom stereocenters. The second kappa shape index (κ2) is 10.4. The van der Waals surface area contributed by atoms with Crippen LogP contribution in [0.2, 0.25) is 0 Å². The third-order valence-corrected chi connectivity index (χ3v) is 5.66. The molecule has 0 bridgehead atoms. The standard InChI is InChI=1S/C23H28N6O4/c1-2-27-17-20(16-24-27)29-7-6-22(30)21(25-29)15-18-4-3-5-19(14-18)28(23(31)32)9-8-26-10-12-33-13-11-26/h3-7,14,16-17H,2,8-13,15H2,1H3,(H,31,32). The smallest absolute Gasteiger partial charge is 0.411 e. The maximum atomic E-state index is 12.5. The van der Waals surface area contributed by atoms with Crippen LogP contribution in [0, 0.1) is 0 Å². The number of aryl methyl sites for hydroxylation is 1. The van der Waals surface area contributed by atoms with Crippen molar-refractivity contribution in [2.75, 3.05) is 44.3 Å². The molecular formula is C23H28N6O4. The number of amides is 1. The van der Waals surface area contributed by atoms with E-state index in [-0.39, 0.29) is 5.43 Å². The zero-order valence-electron chi connectivity index (χ0n) is 18.6. The Morgan fingerprint density at radius 3 is 2.79 bits per heavy atom. The van der Waals surface area contributed by atoms with Gasteiger partial charge in [-0.2, -0.15) is 10.2 Å². The molecular weight excluding hydrogens is 424 g/mol. The van der Waals surface area contributed by atoms with Crippen LogP contribution in [0.25, 0.3) is 5.69 Å². The van der Waals surface area contributed by atoms with Gasteiger partial charge in [-0.05, 0) is 24.6 Å². The monoisotopic (exact) mass is 452 g/mol. The minimum Gasteiger partial charge on any atom is -0.465 e. The molecule has 1 aliphatic heterocycles. The van der Waals surface area contributed by atoms with Gasteiger partial charge in [0.15, 0.2) is 0 Å². The van der Waals surface area contributed by atoms with Crippen molar-refractivity contribution in [1.82, 2.24) is 24.5 Å². The minimum atomic E-state index is -1.01. The van der Waals surface area contributed by atoms with Crippen molar-refractivity contribution in [2.24, 2.45) is 0 Å². The lowest BCUT2D eigenvalue weighted by molar-refractivity contribution is 0.0392. The van der Waals surface area contributed by atoms with E-state index in [9.17, 15) is 14.7 Å². The summed E-state index contributed by atoms with van der Waals surface area (Å²) in [6, 6.07) is 8.75. The van der Waals surface area contributed by atoms with Gasteiger partial charge in [0.25, 0.3) is 0 Å². The first kappa shape index (κ1) is 22.7. The third-order valence-electron chi connectivity index (χ3n) is 5.66. The fraction of sp³-hybridized carbons (Fsp3) is 0.391. The summed E-state index contributed by atoms with van der Waals surface area (Å²) in [6.45, 7) is 6.67. The topological polar surface area (TPSA) is 106 Å². The van der Waals surface area contributed by atoms with Crippen LogP contribution >= 0.6 is 0 Å². The molecule has 0 aliphatic carbocycles. The number of hydrogen-bond donors (Lipinski definition) is 1. The van der Waals surface area contributed by atoms with Crippen molar-refractivity contribution in [2.45, 2.75) is 19.9 Å². The SMILES string of the molecule is CCn1cc(-n2ccc(=O)c(Cc3cccc(N(CCN4CCOCC4)C(=O)O)c3)n2)cn1. The molecule has 1 N–H and O–H groups in total. The Kier molecular flexibility index (Phi) is 7.16. The number of hydrogen-bond acceptors (Lipinski definition) is 6. The van der Waals surface area contributed by atoms with Crippen LogP contribution in [0.5, 0.6) is 0 Å². The van der Waals surface area contributed by atoms with E-state index in [1.54, 1.807) is 33.9 Å². The molecule has 1 amide bonds. The lowest BCUT2D eigenvalue weighted by atomic mass is 10.1. The van der Waals surface area contributed by atoms with Gasteiger partial charge in [-0.25, -0.2) is 9.48 Å². The fourth-order valence-corrected chi connectivity index (χ4v) is 3.79. The minimum absolute atomic E-state index is 0.165. The predicted octanol–water partition coefficient (Wildman–Crippen LogP) is 1.86. The number of anilines is 1. The number of rotatable bonds is 8. The van der Waals surface area contributed by atoms with Crippen molar-refractivity contribution in [3.05, 3.63) is 70.4 Å². The van der Waals surface area contributed by atoms with Gasteiger partial charge in [-0.15, -0.1) is 0 Å². The highest BCUT2D eigenvalue weighted by Crippen LogP contribution is 2.18. The number of carboxylic acid groups (broad SMARTS) is 1. The first-order valence-electron chi connectivity index (χ1n) is 11.0. The average molecular weight is 453 g/mol. The molecule has 4 rings (SSSR count). The summed E-state index contributed by atoms with van der Waals surface area (Å²) in [7, 11) is 0. The van der Waals surface area contributed by atoms with Crippen molar-refractivity contribution < 1.29 is 14.6 Å². The highest BCUT2D eigenvalue weighted by atomic mass is 16.5. The summed E-state index contributed by atoms with van der Waals surface area (Å²) in [4.78, 5) is 27.9. The van der Waals surface area contributed by atoms with E-state index in [1.807, 2.05) is 25.3 Å². The lowest BCUT2D eigenvalue weighted by Crippen LogP contribution is -2.42. The Morgan fingerprint density at radius 2 is 2.06 bits per heavy atom. The van der Waals surface area contributed by atoms with Crippen LogP contribution in [0.4, 0.5) is 10.5 Å². The highest BCUT2D eigenvalue weighted by molar-refractivity contribution is 5.86. The summed E-state index contributed by atoms with van der Waals surface area (Å²) in [5.41, 5.74) is 2.38. The number of aromatic nitrogens is 4. The molecule has 0 unspecified atom stereocenters. The fourth-order valence-electron chi connectivity index (χ4n) is 3.79. The summed E-state index contributed by atoms with van der Waals surface area (Å²) in [5.74, 6) is 0. The van der Waals surface area contributed by atoms with Gasteiger partial charge in [0.1, 0.15) is 11.4 Å². The Bertz CT molecular complexity index is 1150. The molecule has 1 saturated heterocycles. The second-order valence-electron chi connectivity index (χ2n) is 7.86. The zero-order valence-corrected chi connectivity index (χ0v) is 18.6. The van der Waals surface area contributed by atoms with Gasteiger partial charge in [0.2, 0.25) is 5.43 Å². The summed E-state index contributed by atoms with van der Waals surface area (Å²) in [6.07, 6.45) is 4.48. The van der Waals surface area contributed by atoms with E-state index in [1.165, 1.54) is 11.0 Å². The summed E-state index contributed by atoms with van der Waals surface area (Å²) >= 11 is 0. The number of benzene rings is 1. The number of morpholine rings is 1. The number of nitrogens with zero attached hydrogens (tertiary/aromatic N) is 6. The van der Waals surface area contributed by atoms with Gasteiger partial charge in [-0.1, -0.05) is 12.1 Å². The molecule has 1 fully saturated rings. The normalized spacial score (nSPS) is 14.3. The van der Waals surface area contributed by atoms with Crippen molar-refractivity contribution in [3.63, 3.8) is 0 Å². The van der Waals surface area contributed by atoms with Crippen LogP contribution < -0.4 is 10.3 Å². The van der Waals surface area contributed by atoms with E-state index in [0.717, 1.165) is 30.9 Å². The lowest BCUT2D eigenvalue weighted by Gasteiger charge is -2.29. The molecule has 174 valence electrons. The van der Waals surface area contributed by atoms with E-state index < -0.39 is 6.09 Å². The summed E-state index contributed by atoms with van der Waals surface area (Å²) in [5, 5.41) is 18.5. The second-order valence-corrected chi connectivity index (χ2v) is 7.86. The van der Waals surface area contributed by atoms with Crippen molar-refractivity contribution in [1.29, 1.82) is 0 Å². The van der Waals surface area contributed by atoms with E-state index in [0.29, 0.717) is 44.1 Å². The quantitative estimate of drug-likeness (QED) is 0.556. The van der Waals surface area contributed by atoms with Gasteiger partial charge in [0.05, 0.1) is 25.6 Å². The van der Waals surface area contributed by atoms with E-state index in [2.05, 4.69) is 15.1 Å². The van der Waals surface area contributed by atoms with Crippen LogP contribution in [-0.2, 0) is 17.7 Å². The Balaban J connectivity index is 1.51. The van der Waals surface area contributed by atoms with E-state index >= 15 is 0 Å². The maximum Gasteiger partial charge on any atom is 0.411 e. The van der Waals surface area contributed by atoms with Crippen LogP contribution in [0.3, 0.4) is 0 Å². The Hall–Kier alpha value is -3.50.